The summed E-state index contributed by atoms with van der Waals surface area (Å²) >= 11 is 0. The van der Waals surface area contributed by atoms with Crippen molar-refractivity contribution in [3.8, 4) is 11.4 Å². The number of aromatic amines is 1. The van der Waals surface area contributed by atoms with Gasteiger partial charge in [-0.3, -0.25) is 9.89 Å². The fraction of sp³-hybridized carbons (Fsp3) is 0.471. The molecule has 1 atom stereocenters. The molecular formula is C17H24N4O2. The van der Waals surface area contributed by atoms with Gasteiger partial charge in [-0.15, -0.1) is 0 Å². The van der Waals surface area contributed by atoms with Crippen LogP contribution in [0.2, 0.25) is 0 Å². The molecule has 0 aliphatic rings. The van der Waals surface area contributed by atoms with Gasteiger partial charge >= 0.3 is 0 Å². The first-order valence-corrected chi connectivity index (χ1v) is 7.96. The third-order valence-electron chi connectivity index (χ3n) is 3.58. The molecule has 1 aromatic heterocycles. The topological polar surface area (TPSA) is 90.9 Å². The van der Waals surface area contributed by atoms with E-state index in [1.54, 1.807) is 12.1 Å². The largest absolute Gasteiger partial charge is 0.394 e. The molecule has 0 bridgehead atoms. The zero-order chi connectivity index (χ0) is 16.8. The molecule has 23 heavy (non-hydrogen) atoms. The van der Waals surface area contributed by atoms with E-state index < -0.39 is 0 Å². The molecule has 2 rings (SSSR count). The number of nitrogens with one attached hydrogen (secondary N) is 2. The number of aryl methyl sites for hydroxylation is 1. The highest BCUT2D eigenvalue weighted by Gasteiger charge is 2.14. The van der Waals surface area contributed by atoms with Crippen molar-refractivity contribution in [3.63, 3.8) is 0 Å². The molecule has 0 spiro atoms. The second-order valence-electron chi connectivity index (χ2n) is 6.02. The van der Waals surface area contributed by atoms with Crippen molar-refractivity contribution in [1.29, 1.82) is 0 Å². The van der Waals surface area contributed by atoms with Crippen LogP contribution in [0.5, 0.6) is 0 Å². The molecule has 3 N–H and O–H groups in total. The lowest BCUT2D eigenvalue weighted by atomic mass is 10.0. The van der Waals surface area contributed by atoms with Crippen molar-refractivity contribution < 1.29 is 9.90 Å². The highest BCUT2D eigenvalue weighted by molar-refractivity contribution is 5.94. The summed E-state index contributed by atoms with van der Waals surface area (Å²) in [5, 5.41) is 19.2. The molecule has 0 saturated carbocycles. The van der Waals surface area contributed by atoms with E-state index in [1.807, 2.05) is 19.1 Å². The summed E-state index contributed by atoms with van der Waals surface area (Å²) in [6.45, 7) is 6.07. The number of H-pyrrole nitrogens is 1. The van der Waals surface area contributed by atoms with Crippen LogP contribution in [0.1, 0.15) is 43.4 Å². The second-order valence-corrected chi connectivity index (χ2v) is 6.02. The van der Waals surface area contributed by atoms with Crippen LogP contribution < -0.4 is 5.32 Å². The molecule has 0 radical (unpaired) electrons. The van der Waals surface area contributed by atoms with E-state index in [-0.39, 0.29) is 18.6 Å². The van der Waals surface area contributed by atoms with Gasteiger partial charge in [0.2, 0.25) is 0 Å². The van der Waals surface area contributed by atoms with Gasteiger partial charge in [0.15, 0.2) is 5.82 Å². The lowest BCUT2D eigenvalue weighted by Gasteiger charge is -2.18. The van der Waals surface area contributed by atoms with Gasteiger partial charge < -0.3 is 10.4 Å². The summed E-state index contributed by atoms with van der Waals surface area (Å²) in [5.74, 6) is 1.69. The van der Waals surface area contributed by atoms with E-state index in [1.165, 1.54) is 0 Å². The Morgan fingerprint density at radius 2 is 2.00 bits per heavy atom. The van der Waals surface area contributed by atoms with Gasteiger partial charge in [0.25, 0.3) is 5.91 Å². The summed E-state index contributed by atoms with van der Waals surface area (Å²) in [5.41, 5.74) is 1.42. The third-order valence-corrected chi connectivity index (χ3v) is 3.58. The van der Waals surface area contributed by atoms with Crippen LogP contribution in [0.4, 0.5) is 0 Å². The van der Waals surface area contributed by atoms with Gasteiger partial charge in [-0.25, -0.2) is 4.98 Å². The predicted octanol–water partition coefficient (Wildman–Crippen LogP) is 2.17. The highest BCUT2D eigenvalue weighted by Crippen LogP contribution is 2.16. The lowest BCUT2D eigenvalue weighted by Crippen LogP contribution is -2.38. The van der Waals surface area contributed by atoms with E-state index in [0.717, 1.165) is 24.2 Å². The van der Waals surface area contributed by atoms with Crippen molar-refractivity contribution >= 4 is 5.91 Å². The number of nitrogens with zero attached hydrogens (tertiary/aromatic N) is 2. The first-order valence-electron chi connectivity index (χ1n) is 7.96. The number of aromatic nitrogens is 3. The molecule has 0 aliphatic heterocycles. The molecule has 0 fully saturated rings. The van der Waals surface area contributed by atoms with Crippen LogP contribution in [0.3, 0.4) is 0 Å². The molecule has 2 aromatic rings. The van der Waals surface area contributed by atoms with E-state index in [0.29, 0.717) is 17.3 Å². The van der Waals surface area contributed by atoms with Crippen LogP contribution in [0, 0.1) is 5.92 Å². The molecule has 124 valence electrons. The van der Waals surface area contributed by atoms with Crippen LogP contribution >= 0.6 is 0 Å². The van der Waals surface area contributed by atoms with Crippen LogP contribution in [-0.2, 0) is 6.42 Å². The van der Waals surface area contributed by atoms with Crippen molar-refractivity contribution in [2.24, 2.45) is 5.92 Å². The number of benzene rings is 1. The number of carbonyl (C=O) groups excluding carboxylic acids is 1. The maximum absolute atomic E-state index is 12.2. The fourth-order valence-corrected chi connectivity index (χ4v) is 2.37. The Hall–Kier alpha value is -2.21. The van der Waals surface area contributed by atoms with Gasteiger partial charge in [0.05, 0.1) is 12.6 Å². The monoisotopic (exact) mass is 316 g/mol. The van der Waals surface area contributed by atoms with Crippen LogP contribution in [0.15, 0.2) is 24.3 Å². The number of aliphatic hydroxyl groups is 1. The van der Waals surface area contributed by atoms with Crippen molar-refractivity contribution in [2.75, 3.05) is 6.61 Å². The van der Waals surface area contributed by atoms with Crippen molar-refractivity contribution in [2.45, 2.75) is 39.7 Å². The Bertz CT molecular complexity index is 634. The summed E-state index contributed by atoms with van der Waals surface area (Å²) in [6, 6.07) is 6.93. The normalized spacial score (nSPS) is 12.4. The van der Waals surface area contributed by atoms with E-state index in [4.69, 9.17) is 0 Å². The standard InChI is InChI=1S/C17H24N4O2/c1-4-15-19-16(21-20-15)12-5-7-13(8-6-12)17(23)18-14(10-22)9-11(2)3/h5-8,11,14,22H,4,9-10H2,1-3H3,(H,18,23)(H,19,20,21). The molecule has 0 aliphatic carbocycles. The second kappa shape index (κ2) is 7.87. The van der Waals surface area contributed by atoms with Gasteiger partial charge in [0.1, 0.15) is 5.82 Å². The Labute approximate surface area is 136 Å². The molecule has 1 unspecified atom stereocenters. The average Bonchev–Trinajstić information content (AvgIpc) is 3.03. The smallest absolute Gasteiger partial charge is 0.251 e. The number of aliphatic hydroxyl groups excluding tert-OH is 1. The van der Waals surface area contributed by atoms with E-state index >= 15 is 0 Å². The molecule has 6 heteroatoms. The first kappa shape index (κ1) is 17.1. The number of hydrogen-bond acceptors (Lipinski definition) is 4. The SMILES string of the molecule is CCc1nc(-c2ccc(C(=O)NC(CO)CC(C)C)cc2)n[nH]1. The van der Waals surface area contributed by atoms with Gasteiger partial charge in [-0.1, -0.05) is 32.9 Å². The lowest BCUT2D eigenvalue weighted by molar-refractivity contribution is 0.0908. The molecular weight excluding hydrogens is 292 g/mol. The average molecular weight is 316 g/mol. The van der Waals surface area contributed by atoms with Crippen LogP contribution in [0.25, 0.3) is 11.4 Å². The van der Waals surface area contributed by atoms with E-state index in [2.05, 4.69) is 34.3 Å². The Morgan fingerprint density at radius 3 is 2.52 bits per heavy atom. The Balaban J connectivity index is 2.05. The maximum atomic E-state index is 12.2. The molecule has 1 heterocycles. The maximum Gasteiger partial charge on any atom is 0.251 e. The Kier molecular flexibility index (Phi) is 5.87. The number of hydrogen-bond donors (Lipinski definition) is 3. The minimum atomic E-state index is -0.220. The summed E-state index contributed by atoms with van der Waals surface area (Å²) in [6.07, 6.45) is 1.54. The van der Waals surface area contributed by atoms with E-state index in [9.17, 15) is 9.90 Å². The molecule has 1 amide bonds. The fourth-order valence-electron chi connectivity index (χ4n) is 2.37. The number of carbonyl (C=O) groups is 1. The van der Waals surface area contributed by atoms with Crippen molar-refractivity contribution in [1.82, 2.24) is 20.5 Å². The quantitative estimate of drug-likeness (QED) is 0.730. The third kappa shape index (κ3) is 4.63. The predicted molar refractivity (Wildman–Crippen MR) is 89.0 cm³/mol. The molecule has 0 saturated heterocycles. The minimum Gasteiger partial charge on any atom is -0.394 e. The number of rotatable bonds is 7. The molecule has 1 aromatic carbocycles. The van der Waals surface area contributed by atoms with Gasteiger partial charge in [-0.05, 0) is 24.5 Å². The Morgan fingerprint density at radius 1 is 1.30 bits per heavy atom. The minimum absolute atomic E-state index is 0.0566. The summed E-state index contributed by atoms with van der Waals surface area (Å²) < 4.78 is 0. The zero-order valence-corrected chi connectivity index (χ0v) is 13.8. The summed E-state index contributed by atoms with van der Waals surface area (Å²) in [4.78, 5) is 16.6. The highest BCUT2D eigenvalue weighted by atomic mass is 16.3. The number of amides is 1. The van der Waals surface area contributed by atoms with Gasteiger partial charge in [-0.2, -0.15) is 5.10 Å². The first-order chi connectivity index (χ1) is 11.0. The van der Waals surface area contributed by atoms with Crippen LogP contribution in [-0.4, -0.2) is 38.8 Å². The van der Waals surface area contributed by atoms with Gasteiger partial charge in [0, 0.05) is 17.5 Å². The zero-order valence-electron chi connectivity index (χ0n) is 13.8. The molecule has 6 nitrogen and oxygen atoms in total. The van der Waals surface area contributed by atoms with Crippen molar-refractivity contribution in [3.05, 3.63) is 35.7 Å². The summed E-state index contributed by atoms with van der Waals surface area (Å²) in [7, 11) is 0.